The number of hydrogen-bond donors (Lipinski definition) is 3. The molecule has 1 aromatic rings. The molecule has 0 aliphatic rings. The fourth-order valence-corrected chi connectivity index (χ4v) is 2.28. The van der Waals surface area contributed by atoms with E-state index in [4.69, 9.17) is 16.3 Å². The number of guanidine groups is 1. The number of methoxy groups -OCH3 is 1. The maximum absolute atomic E-state index is 6.24. The molecule has 0 atom stereocenters. The highest BCUT2D eigenvalue weighted by atomic mass is 35.5. The first-order valence-corrected chi connectivity index (χ1v) is 8.25. The predicted octanol–water partition coefficient (Wildman–Crippen LogP) is 2.44. The predicted molar refractivity (Wildman–Crippen MR) is 98.8 cm³/mol. The number of hydrogen-bond acceptors (Lipinski definition) is 3. The molecule has 6 heteroatoms. The van der Waals surface area contributed by atoms with Crippen LogP contribution in [0, 0.1) is 0 Å². The van der Waals surface area contributed by atoms with Gasteiger partial charge in [-0.05, 0) is 44.9 Å². The molecule has 0 amide bonds. The lowest BCUT2D eigenvalue weighted by Crippen LogP contribution is -2.44. The minimum Gasteiger partial charge on any atom is -0.497 e. The molecule has 0 aliphatic heterocycles. The van der Waals surface area contributed by atoms with Crippen molar-refractivity contribution < 1.29 is 4.74 Å². The molecular formula is C17H29ClN4O. The summed E-state index contributed by atoms with van der Waals surface area (Å²) in [6, 6.07) is 5.75. The summed E-state index contributed by atoms with van der Waals surface area (Å²) in [5, 5.41) is 10.7. The lowest BCUT2D eigenvalue weighted by atomic mass is 10.1. The van der Waals surface area contributed by atoms with Gasteiger partial charge in [0, 0.05) is 37.2 Å². The van der Waals surface area contributed by atoms with Crippen molar-refractivity contribution in [3.63, 3.8) is 0 Å². The van der Waals surface area contributed by atoms with E-state index in [-0.39, 0.29) is 5.54 Å². The molecule has 0 unspecified atom stereocenters. The molecule has 0 heterocycles. The molecule has 5 nitrogen and oxygen atoms in total. The Morgan fingerprint density at radius 2 is 1.87 bits per heavy atom. The molecule has 1 aromatic carbocycles. The van der Waals surface area contributed by atoms with Crippen molar-refractivity contribution in [3.05, 3.63) is 28.8 Å². The van der Waals surface area contributed by atoms with Crippen molar-refractivity contribution >= 4 is 17.6 Å². The number of nitrogens with one attached hydrogen (secondary N) is 3. The summed E-state index contributed by atoms with van der Waals surface area (Å²) in [5.41, 5.74) is 1.22. The van der Waals surface area contributed by atoms with Gasteiger partial charge in [0.25, 0.3) is 0 Å². The first kappa shape index (κ1) is 19.6. The number of benzene rings is 1. The van der Waals surface area contributed by atoms with Crippen molar-refractivity contribution in [3.8, 4) is 5.75 Å². The van der Waals surface area contributed by atoms with Crippen molar-refractivity contribution in [1.82, 2.24) is 16.0 Å². The standard InChI is InChI=1S/C17H29ClN4O/c1-17(2,3)22-11-10-21-16(19-4)20-9-8-13-6-7-14(23-5)12-15(13)18/h6-7,12,22H,8-11H2,1-5H3,(H2,19,20,21). The molecule has 0 saturated heterocycles. The average molecular weight is 341 g/mol. The van der Waals surface area contributed by atoms with Crippen molar-refractivity contribution in [1.29, 1.82) is 0 Å². The minimum atomic E-state index is 0.129. The van der Waals surface area contributed by atoms with Crippen LogP contribution < -0.4 is 20.7 Å². The van der Waals surface area contributed by atoms with Gasteiger partial charge in [0.1, 0.15) is 5.75 Å². The van der Waals surface area contributed by atoms with Gasteiger partial charge in [-0.3, -0.25) is 4.99 Å². The van der Waals surface area contributed by atoms with E-state index in [1.807, 2.05) is 18.2 Å². The Morgan fingerprint density at radius 1 is 1.17 bits per heavy atom. The maximum Gasteiger partial charge on any atom is 0.191 e. The van der Waals surface area contributed by atoms with Gasteiger partial charge in [0.05, 0.1) is 7.11 Å². The smallest absolute Gasteiger partial charge is 0.191 e. The van der Waals surface area contributed by atoms with E-state index in [9.17, 15) is 0 Å². The first-order chi connectivity index (χ1) is 10.9. The molecule has 3 N–H and O–H groups in total. The zero-order chi connectivity index (χ0) is 17.3. The molecule has 0 aromatic heterocycles. The van der Waals surface area contributed by atoms with Gasteiger partial charge in [-0.2, -0.15) is 0 Å². The zero-order valence-corrected chi connectivity index (χ0v) is 15.5. The lowest BCUT2D eigenvalue weighted by Gasteiger charge is -2.21. The Hall–Kier alpha value is -1.46. The van der Waals surface area contributed by atoms with Crippen molar-refractivity contribution in [2.45, 2.75) is 32.7 Å². The quantitative estimate of drug-likeness (QED) is 0.405. The molecule has 130 valence electrons. The van der Waals surface area contributed by atoms with Gasteiger partial charge in [-0.15, -0.1) is 0 Å². The minimum absolute atomic E-state index is 0.129. The molecule has 23 heavy (non-hydrogen) atoms. The lowest BCUT2D eigenvalue weighted by molar-refractivity contribution is 0.414. The normalized spacial score (nSPS) is 12.2. The van der Waals surface area contributed by atoms with E-state index >= 15 is 0 Å². The Bertz CT molecular complexity index is 512. The first-order valence-electron chi connectivity index (χ1n) is 7.87. The number of nitrogens with zero attached hydrogens (tertiary/aromatic N) is 1. The van der Waals surface area contributed by atoms with Crippen molar-refractivity contribution in [2.24, 2.45) is 4.99 Å². The van der Waals surface area contributed by atoms with Crippen LogP contribution in [0.3, 0.4) is 0 Å². The number of aliphatic imine (C=N–C) groups is 1. The summed E-state index contributed by atoms with van der Waals surface area (Å²) in [6.07, 6.45) is 0.823. The van der Waals surface area contributed by atoms with Gasteiger partial charge < -0.3 is 20.7 Å². The monoisotopic (exact) mass is 340 g/mol. The van der Waals surface area contributed by atoms with Gasteiger partial charge in [0.2, 0.25) is 0 Å². The van der Waals surface area contributed by atoms with Crippen LogP contribution in [0.5, 0.6) is 5.75 Å². The van der Waals surface area contributed by atoms with Crippen LogP contribution in [0.4, 0.5) is 0 Å². The molecule has 0 fully saturated rings. The molecule has 0 bridgehead atoms. The van der Waals surface area contributed by atoms with Crippen LogP contribution >= 0.6 is 11.6 Å². The van der Waals surface area contributed by atoms with Crippen LogP contribution in [0.1, 0.15) is 26.3 Å². The summed E-state index contributed by atoms with van der Waals surface area (Å²) in [7, 11) is 3.41. The van der Waals surface area contributed by atoms with Crippen LogP contribution in [-0.4, -0.2) is 45.3 Å². The summed E-state index contributed by atoms with van der Waals surface area (Å²) in [6.45, 7) is 8.92. The molecule has 0 spiro atoms. The van der Waals surface area contributed by atoms with E-state index in [1.54, 1.807) is 14.2 Å². The van der Waals surface area contributed by atoms with Crippen LogP contribution in [-0.2, 0) is 6.42 Å². The summed E-state index contributed by atoms with van der Waals surface area (Å²) in [5.74, 6) is 1.57. The number of rotatable bonds is 7. The fourth-order valence-electron chi connectivity index (χ4n) is 2.01. The third-order valence-corrected chi connectivity index (χ3v) is 3.60. The van der Waals surface area contributed by atoms with E-state index < -0.39 is 0 Å². The number of ether oxygens (including phenoxy) is 1. The second-order valence-corrected chi connectivity index (χ2v) is 6.72. The van der Waals surface area contributed by atoms with E-state index in [0.717, 1.165) is 48.4 Å². The third-order valence-electron chi connectivity index (χ3n) is 3.24. The summed E-state index contributed by atoms with van der Waals surface area (Å²) in [4.78, 5) is 4.22. The van der Waals surface area contributed by atoms with Crippen LogP contribution in [0.15, 0.2) is 23.2 Å². The second kappa shape index (κ2) is 9.63. The Labute approximate surface area is 144 Å². The maximum atomic E-state index is 6.24. The van der Waals surface area contributed by atoms with E-state index in [2.05, 4.69) is 41.7 Å². The highest BCUT2D eigenvalue weighted by molar-refractivity contribution is 6.31. The van der Waals surface area contributed by atoms with Gasteiger partial charge >= 0.3 is 0 Å². The molecule has 0 radical (unpaired) electrons. The summed E-state index contributed by atoms with van der Waals surface area (Å²) < 4.78 is 5.15. The zero-order valence-electron chi connectivity index (χ0n) is 14.8. The van der Waals surface area contributed by atoms with E-state index in [0.29, 0.717) is 0 Å². The highest BCUT2D eigenvalue weighted by Crippen LogP contribution is 2.22. The molecule has 1 rings (SSSR count). The topological polar surface area (TPSA) is 57.7 Å². The van der Waals surface area contributed by atoms with E-state index in [1.165, 1.54) is 0 Å². The van der Waals surface area contributed by atoms with Gasteiger partial charge in [-0.25, -0.2) is 0 Å². The summed E-state index contributed by atoms with van der Waals surface area (Å²) >= 11 is 6.24. The second-order valence-electron chi connectivity index (χ2n) is 6.31. The van der Waals surface area contributed by atoms with Gasteiger partial charge in [-0.1, -0.05) is 17.7 Å². The third kappa shape index (κ3) is 8.09. The molecular weight excluding hydrogens is 312 g/mol. The van der Waals surface area contributed by atoms with Crippen molar-refractivity contribution in [2.75, 3.05) is 33.8 Å². The van der Waals surface area contributed by atoms with Gasteiger partial charge in [0.15, 0.2) is 5.96 Å². The molecule has 0 aliphatic carbocycles. The average Bonchev–Trinajstić information content (AvgIpc) is 2.50. The SMILES string of the molecule is CN=C(NCCNC(C)(C)C)NCCc1ccc(OC)cc1Cl. The Balaban J connectivity index is 2.32. The molecule has 0 saturated carbocycles. The fraction of sp³-hybridized carbons (Fsp3) is 0.588. The van der Waals surface area contributed by atoms with Crippen LogP contribution in [0.2, 0.25) is 5.02 Å². The van der Waals surface area contributed by atoms with Crippen LogP contribution in [0.25, 0.3) is 0 Å². The highest BCUT2D eigenvalue weighted by Gasteiger charge is 2.07. The largest absolute Gasteiger partial charge is 0.497 e. The number of halogens is 1. The Morgan fingerprint density at radius 3 is 2.43 bits per heavy atom. The Kier molecular flexibility index (Phi) is 8.20.